The number of hydrogen-bond acceptors (Lipinski definition) is 12. The monoisotopic (exact) mass is 1730 g/mol. The number of nitrogens with zero attached hydrogens (tertiary/aromatic N) is 2. The molecule has 7 N–H and O–H groups in total. The van der Waals surface area contributed by atoms with Crippen molar-refractivity contribution in [2.45, 2.75) is 173 Å². The third-order valence-electron chi connectivity index (χ3n) is 18.6. The SMILES string of the molecule is C#CC(C)(C)Cl.C#CC(C)(C)Nc1ccc(F)cc1.CC1(C)C=Cc2cc(F)ccc2N1.CC1(C)CCc2cc(F)ccc2N1.CC1(C)CCc2cc(F)ccc2N1Cc1ccc(C(=O)NO)cc1.COC(=O)c1ccc(CBr)cc1.COC(=O)c1ccc(CN2c3ccc(F)cc3CCC2(C)C)cc1.Nc1ccc(F)cc1.[Cl][Cu]. The van der Waals surface area contributed by atoms with Crippen LogP contribution in [0.1, 0.15) is 172 Å². The predicted molar refractivity (Wildman–Crippen MR) is 458 cm³/mol. The van der Waals surface area contributed by atoms with Gasteiger partial charge in [-0.3, -0.25) is 10.0 Å². The van der Waals surface area contributed by atoms with Crippen LogP contribution in [0.2, 0.25) is 0 Å². The summed E-state index contributed by atoms with van der Waals surface area (Å²) in [7, 11) is 6.95. The molecule has 9 aromatic rings. The maximum absolute atomic E-state index is 13.5. The molecule has 9 aromatic carbocycles. The molecule has 4 heterocycles. The Bertz CT molecular complexity index is 4610. The molecule has 0 atom stereocenters. The third kappa shape index (κ3) is 31.7. The molecule has 0 aromatic heterocycles. The van der Waals surface area contributed by atoms with Gasteiger partial charge in [-0.2, -0.15) is 0 Å². The number of nitrogens with two attached hydrogens (primary N) is 1. The van der Waals surface area contributed by atoms with Crippen LogP contribution in [0.5, 0.6) is 0 Å². The van der Waals surface area contributed by atoms with Crippen LogP contribution in [0.25, 0.3) is 6.08 Å². The van der Waals surface area contributed by atoms with E-state index in [1.807, 2.05) is 80.6 Å². The molecule has 0 saturated heterocycles. The number of nitrogen functional groups attached to an aromatic ring is 1. The van der Waals surface area contributed by atoms with E-state index in [2.05, 4.69) is 139 Å². The summed E-state index contributed by atoms with van der Waals surface area (Å²) in [5.41, 5.74) is 21.1. The Morgan fingerprint density at radius 2 is 0.922 bits per heavy atom. The first-order valence-electron chi connectivity index (χ1n) is 36.8. The van der Waals surface area contributed by atoms with Gasteiger partial charge in [0.25, 0.3) is 5.91 Å². The zero-order chi connectivity index (χ0) is 85.7. The van der Waals surface area contributed by atoms with Crippen LogP contribution in [0.3, 0.4) is 0 Å². The Kier molecular flexibility index (Phi) is 36.9. The molecule has 13 rings (SSSR count). The predicted octanol–water partition coefficient (Wildman–Crippen LogP) is 22.8. The molecule has 0 unspecified atom stereocenters. The van der Waals surface area contributed by atoms with Crippen molar-refractivity contribution in [1.82, 2.24) is 5.48 Å². The van der Waals surface area contributed by atoms with E-state index in [0.29, 0.717) is 35.5 Å². The molecule has 0 spiro atoms. The van der Waals surface area contributed by atoms with E-state index in [1.54, 1.807) is 92.1 Å². The van der Waals surface area contributed by atoms with Crippen LogP contribution < -0.4 is 37.0 Å². The van der Waals surface area contributed by atoms with Gasteiger partial charge in [0.2, 0.25) is 0 Å². The van der Waals surface area contributed by atoms with Crippen molar-refractivity contribution in [3.05, 3.63) is 291 Å². The molecule has 4 aliphatic rings. The van der Waals surface area contributed by atoms with E-state index < -0.39 is 16.3 Å². The zero-order valence-electron chi connectivity index (χ0n) is 67.3. The fourth-order valence-electron chi connectivity index (χ4n) is 12.0. The van der Waals surface area contributed by atoms with Crippen molar-refractivity contribution in [3.8, 4) is 24.7 Å². The Morgan fingerprint density at radius 3 is 1.33 bits per heavy atom. The number of carbonyl (C=O) groups excluding carboxylic acids is 3. The van der Waals surface area contributed by atoms with Gasteiger partial charge in [-0.1, -0.05) is 76.3 Å². The van der Waals surface area contributed by atoms with Crippen LogP contribution >= 0.6 is 37.6 Å². The van der Waals surface area contributed by atoms with Crippen LogP contribution in [-0.4, -0.2) is 69.8 Å². The first-order chi connectivity index (χ1) is 54.1. The molecular formula is C92H103BrCl2CuF6N7O6. The number of aryl methyl sites for hydroxylation is 3. The van der Waals surface area contributed by atoms with Crippen molar-refractivity contribution in [1.29, 1.82) is 0 Å². The molecule has 115 heavy (non-hydrogen) atoms. The number of carbonyl (C=O) groups is 3. The second kappa shape index (κ2) is 44.3. The summed E-state index contributed by atoms with van der Waals surface area (Å²) in [5, 5.41) is 19.3. The number of anilines is 6. The minimum atomic E-state index is -0.527. The molecule has 0 fully saturated rings. The number of alkyl halides is 2. The number of nitrogens with one attached hydrogen (secondary N) is 4. The zero-order valence-corrected chi connectivity index (χ0v) is 71.4. The number of terminal acetylenes is 2. The normalized spacial score (nSPS) is 14.2. The van der Waals surface area contributed by atoms with E-state index in [-0.39, 0.29) is 69.0 Å². The molecule has 1 amide bonds. The number of esters is 2. The molecule has 0 saturated carbocycles. The van der Waals surface area contributed by atoms with Gasteiger partial charge < -0.3 is 41.0 Å². The molecule has 0 bridgehead atoms. The van der Waals surface area contributed by atoms with E-state index in [4.69, 9.17) is 40.1 Å². The fourth-order valence-corrected chi connectivity index (χ4v) is 12.3. The number of rotatable bonds is 10. The second-order valence-electron chi connectivity index (χ2n) is 30.8. The minimum absolute atomic E-state index is 0.00809. The fraction of sp³-hybridized carbons (Fsp3) is 0.315. The molecule has 0 aliphatic carbocycles. The van der Waals surface area contributed by atoms with Gasteiger partial charge in [0.05, 0.1) is 41.3 Å². The summed E-state index contributed by atoms with van der Waals surface area (Å²) in [6.45, 7) is 26.0. The van der Waals surface area contributed by atoms with Crippen molar-refractivity contribution in [3.63, 3.8) is 0 Å². The van der Waals surface area contributed by atoms with E-state index in [1.165, 1.54) is 80.9 Å². The van der Waals surface area contributed by atoms with Gasteiger partial charge in [-0.25, -0.2) is 41.4 Å². The van der Waals surface area contributed by atoms with Gasteiger partial charge in [0.15, 0.2) is 0 Å². The quantitative estimate of drug-likeness (QED) is 0.0112. The summed E-state index contributed by atoms with van der Waals surface area (Å²) >= 11 is 12.5. The van der Waals surface area contributed by atoms with Crippen molar-refractivity contribution < 1.29 is 70.5 Å². The van der Waals surface area contributed by atoms with Crippen LogP contribution in [0.15, 0.2) is 200 Å². The summed E-state index contributed by atoms with van der Waals surface area (Å²) in [4.78, 5) is 38.1. The van der Waals surface area contributed by atoms with Crippen LogP contribution in [0.4, 0.5) is 60.5 Å². The van der Waals surface area contributed by atoms with Crippen molar-refractivity contribution in [2.24, 2.45) is 0 Å². The summed E-state index contributed by atoms with van der Waals surface area (Å²) in [6.07, 6.45) is 19.9. The maximum atomic E-state index is 13.5. The number of ether oxygens (including phenoxy) is 2. The van der Waals surface area contributed by atoms with Crippen molar-refractivity contribution >= 4 is 95.7 Å². The Morgan fingerprint density at radius 1 is 0.539 bits per heavy atom. The van der Waals surface area contributed by atoms with Gasteiger partial charge in [0, 0.05) is 80.3 Å². The summed E-state index contributed by atoms with van der Waals surface area (Å²) in [6, 6.07) is 53.4. The molecular weight excluding hydrogens is 1630 g/mol. The Balaban J connectivity index is 0.000000242. The van der Waals surface area contributed by atoms with E-state index in [0.717, 1.165) is 111 Å². The van der Waals surface area contributed by atoms with Crippen LogP contribution in [-0.2, 0) is 62.3 Å². The number of hydroxylamine groups is 1. The van der Waals surface area contributed by atoms with Gasteiger partial charge in [-0.15, -0.1) is 24.4 Å². The summed E-state index contributed by atoms with van der Waals surface area (Å²) < 4.78 is 86.6. The van der Waals surface area contributed by atoms with Gasteiger partial charge in [0.1, 0.15) is 34.9 Å². The molecule has 13 nitrogen and oxygen atoms in total. The number of halogens is 9. The molecule has 23 heteroatoms. The number of hydrogen-bond donors (Lipinski definition) is 6. The van der Waals surface area contributed by atoms with E-state index >= 15 is 0 Å². The second-order valence-corrected chi connectivity index (χ2v) is 32.3. The first-order valence-corrected chi connectivity index (χ1v) is 39.6. The third-order valence-corrected chi connectivity index (χ3v) is 19.4. The summed E-state index contributed by atoms with van der Waals surface area (Å²) in [5.74, 6) is 2.60. The van der Waals surface area contributed by atoms with E-state index in [9.17, 15) is 40.7 Å². The first kappa shape index (κ1) is 95.8. The topological polar surface area (TPSA) is 171 Å². The van der Waals surface area contributed by atoms with Crippen LogP contribution in [0, 0.1) is 59.6 Å². The molecule has 616 valence electrons. The van der Waals surface area contributed by atoms with Crippen molar-refractivity contribution in [2.75, 3.05) is 45.7 Å². The number of amides is 1. The average Bonchev–Trinajstić information content (AvgIpc) is 0.784. The average molecular weight is 1730 g/mol. The van der Waals surface area contributed by atoms with Gasteiger partial charge >= 0.3 is 37.1 Å². The Hall–Kier alpha value is -9.83. The molecule has 0 radical (unpaired) electrons. The number of benzene rings is 9. The van der Waals surface area contributed by atoms with Gasteiger partial charge in [-0.05, 0) is 313 Å². The Labute approximate surface area is 700 Å². The standard InChI is InChI=1S/C20H22FNO2.C19H21FN2O2.C11H14FN.2C11H12FN.C9H9BrO2.C6H6FN.C5H7Cl.ClH.Cu/c1-20(2)11-10-16-12-17(21)8-9-18(16)22(20)13-14-4-6-15(7-5-14)19(23)24-3;1-19(2)10-9-15-11-16(20)7-8-17(15)22(19)12-13-3-5-14(6-4-13)18(23)21-24;2*1-11(2)6-5-8-7-9(12)3-4-10(8)13-11;1-4-11(2,3)13-10-7-5-9(12)6-8-10;1-12-9(11)8-4-2-7(6-10)3-5-8;7-5-1-3-6(8)4-2-5;1-4-5(2,3)6;;/h4-9,12H,10-11,13H2,1-3H3;3-8,11,24H,9-10,12H2,1-2H3,(H,21,23);3-4,7,13H,5-6H2,1-2H3;3-7,13H,1-2H3;1,5-8,13H,2-3H3;2-5H,6H2,1H3;1-4H,8H2;1H,2-3H3;1H;/q;;;;;;;;;+1/p-1. The molecule has 4 aliphatic heterocycles. The number of methoxy groups -OCH3 is 2. The number of fused-ring (bicyclic) bond motifs is 4.